The monoisotopic (exact) mass is 386 g/mol. The first-order valence-electron chi connectivity index (χ1n) is 9.99. The van der Waals surface area contributed by atoms with E-state index >= 15 is 0 Å². The van der Waals surface area contributed by atoms with Crippen LogP contribution in [0.3, 0.4) is 0 Å². The molecule has 0 atom stereocenters. The van der Waals surface area contributed by atoms with E-state index < -0.39 is 0 Å². The molecule has 0 aliphatic carbocycles. The molecule has 0 saturated carbocycles. The molecule has 1 amide bonds. The van der Waals surface area contributed by atoms with E-state index in [1.165, 1.54) is 11.8 Å². The van der Waals surface area contributed by atoms with E-state index in [2.05, 4.69) is 18.9 Å². The van der Waals surface area contributed by atoms with Gasteiger partial charge in [-0.1, -0.05) is 26.0 Å². The number of likely N-dealkylation sites (tertiary alicyclic amines) is 1. The van der Waals surface area contributed by atoms with Gasteiger partial charge in [-0.15, -0.1) is 0 Å². The van der Waals surface area contributed by atoms with Gasteiger partial charge in [0.05, 0.1) is 18.0 Å². The highest BCUT2D eigenvalue weighted by molar-refractivity contribution is 5.94. The number of aromatic nitrogens is 2. The normalized spacial score (nSPS) is 15.4. The summed E-state index contributed by atoms with van der Waals surface area (Å²) in [7, 11) is 0. The number of rotatable bonds is 7. The first kappa shape index (κ1) is 20.4. The molecule has 28 heavy (non-hydrogen) atoms. The summed E-state index contributed by atoms with van der Waals surface area (Å²) in [5.41, 5.74) is 7.62. The first-order chi connectivity index (χ1) is 13.5. The summed E-state index contributed by atoms with van der Waals surface area (Å²) in [6, 6.07) is 7.96. The van der Waals surface area contributed by atoms with Gasteiger partial charge < -0.3 is 20.5 Å². The number of aromatic hydroxyl groups is 1. The molecule has 2 aromatic rings. The lowest BCUT2D eigenvalue weighted by molar-refractivity contribution is 0.00822. The van der Waals surface area contributed by atoms with Crippen LogP contribution in [-0.2, 0) is 4.74 Å². The van der Waals surface area contributed by atoms with Gasteiger partial charge in [-0.2, -0.15) is 5.10 Å². The lowest BCUT2D eigenvalue weighted by Gasteiger charge is -2.31. The summed E-state index contributed by atoms with van der Waals surface area (Å²) in [6.07, 6.45) is 4.08. The third-order valence-corrected chi connectivity index (χ3v) is 5.15. The number of piperidine rings is 1. The third-order valence-electron chi connectivity index (χ3n) is 5.15. The summed E-state index contributed by atoms with van der Waals surface area (Å²) in [4.78, 5) is 14.5. The van der Waals surface area contributed by atoms with E-state index in [1.807, 2.05) is 24.3 Å². The van der Waals surface area contributed by atoms with Crippen molar-refractivity contribution in [2.45, 2.75) is 45.1 Å². The van der Waals surface area contributed by atoms with Gasteiger partial charge in [0, 0.05) is 19.7 Å². The Morgan fingerprint density at radius 1 is 1.29 bits per heavy atom. The van der Waals surface area contributed by atoms with Crippen molar-refractivity contribution >= 4 is 5.91 Å². The molecule has 1 fully saturated rings. The van der Waals surface area contributed by atoms with Crippen molar-refractivity contribution in [2.24, 2.45) is 5.73 Å². The van der Waals surface area contributed by atoms with Crippen LogP contribution in [-0.4, -0.2) is 58.0 Å². The number of benzene rings is 1. The van der Waals surface area contributed by atoms with Crippen molar-refractivity contribution in [2.75, 3.05) is 26.2 Å². The van der Waals surface area contributed by atoms with Crippen LogP contribution in [0.15, 0.2) is 30.5 Å². The summed E-state index contributed by atoms with van der Waals surface area (Å²) >= 11 is 0. The second-order valence-corrected chi connectivity index (χ2v) is 7.56. The Bertz CT molecular complexity index is 777. The molecule has 0 bridgehead atoms. The summed E-state index contributed by atoms with van der Waals surface area (Å²) in [6.45, 7) is 6.76. The fourth-order valence-electron chi connectivity index (χ4n) is 3.37. The predicted octanol–water partition coefficient (Wildman–Crippen LogP) is 2.67. The highest BCUT2D eigenvalue weighted by atomic mass is 16.5. The Morgan fingerprint density at radius 2 is 1.96 bits per heavy atom. The Hall–Kier alpha value is -2.38. The van der Waals surface area contributed by atoms with E-state index in [1.54, 1.807) is 9.58 Å². The minimum atomic E-state index is -0.240. The molecule has 2 heterocycles. The van der Waals surface area contributed by atoms with Crippen LogP contribution < -0.4 is 5.73 Å². The summed E-state index contributed by atoms with van der Waals surface area (Å²) in [5, 5.41) is 14.6. The molecule has 7 nitrogen and oxygen atoms in total. The minimum Gasteiger partial charge on any atom is -0.504 e. The van der Waals surface area contributed by atoms with Crippen LogP contribution in [0.4, 0.5) is 0 Å². The van der Waals surface area contributed by atoms with Gasteiger partial charge in [-0.3, -0.25) is 4.79 Å². The molecular weight excluding hydrogens is 356 g/mol. The number of carbonyl (C=O) groups is 1. The van der Waals surface area contributed by atoms with E-state index in [0.717, 1.165) is 24.9 Å². The van der Waals surface area contributed by atoms with Crippen molar-refractivity contribution in [1.82, 2.24) is 14.7 Å². The quantitative estimate of drug-likeness (QED) is 0.714. The number of carbonyl (C=O) groups excluding carboxylic acids is 1. The average Bonchev–Trinajstić information content (AvgIpc) is 3.10. The second-order valence-electron chi connectivity index (χ2n) is 7.56. The minimum absolute atomic E-state index is 0.0930. The maximum atomic E-state index is 12.8. The molecule has 0 unspecified atom stereocenters. The average molecular weight is 386 g/mol. The van der Waals surface area contributed by atoms with Crippen LogP contribution in [0.25, 0.3) is 5.69 Å². The van der Waals surface area contributed by atoms with Crippen molar-refractivity contribution in [3.8, 4) is 11.4 Å². The highest BCUT2D eigenvalue weighted by Crippen LogP contribution is 2.23. The van der Waals surface area contributed by atoms with E-state index in [4.69, 9.17) is 10.5 Å². The molecule has 152 valence electrons. The van der Waals surface area contributed by atoms with Gasteiger partial charge in [0.25, 0.3) is 5.91 Å². The van der Waals surface area contributed by atoms with Gasteiger partial charge in [0.1, 0.15) is 0 Å². The zero-order chi connectivity index (χ0) is 20.1. The number of hydrogen-bond donors (Lipinski definition) is 2. The molecule has 1 aromatic carbocycles. The van der Waals surface area contributed by atoms with Gasteiger partial charge in [0.15, 0.2) is 11.4 Å². The van der Waals surface area contributed by atoms with Gasteiger partial charge in [0.2, 0.25) is 0 Å². The number of amides is 1. The molecule has 1 saturated heterocycles. The van der Waals surface area contributed by atoms with Crippen LogP contribution >= 0.6 is 0 Å². The zero-order valence-electron chi connectivity index (χ0n) is 16.7. The molecule has 3 N–H and O–H groups in total. The lowest BCUT2D eigenvalue weighted by Crippen LogP contribution is -2.41. The fraction of sp³-hybridized carbons (Fsp3) is 0.524. The summed E-state index contributed by atoms with van der Waals surface area (Å²) in [5.74, 6) is 0.106. The van der Waals surface area contributed by atoms with Crippen LogP contribution in [0.1, 0.15) is 55.1 Å². The molecule has 1 aromatic heterocycles. The number of ether oxygens (including phenoxy) is 1. The largest absolute Gasteiger partial charge is 0.504 e. The van der Waals surface area contributed by atoms with Gasteiger partial charge in [-0.05, 0) is 49.4 Å². The molecule has 1 aliphatic rings. The lowest BCUT2D eigenvalue weighted by atomic mass is 10.0. The standard InChI is InChI=1S/C21H30N4O3/c1-15(2)16-4-6-17(7-5-16)25-14-19(26)20(23-25)21(27)24-11-8-18(9-12-24)28-13-3-10-22/h4-7,14-15,18,26H,3,8-13,22H2,1-2H3. The first-order valence-corrected chi connectivity index (χ1v) is 9.99. The number of nitrogens with zero attached hydrogens (tertiary/aromatic N) is 3. The third kappa shape index (κ3) is 4.72. The van der Waals surface area contributed by atoms with E-state index in [0.29, 0.717) is 32.2 Å². The maximum Gasteiger partial charge on any atom is 0.278 e. The molecule has 3 rings (SSSR count). The predicted molar refractivity (Wildman–Crippen MR) is 108 cm³/mol. The topological polar surface area (TPSA) is 93.6 Å². The molecule has 0 spiro atoms. The zero-order valence-corrected chi connectivity index (χ0v) is 16.7. The SMILES string of the molecule is CC(C)c1ccc(-n2cc(O)c(C(=O)N3CCC(OCCCN)CC3)n2)cc1. The Morgan fingerprint density at radius 3 is 2.57 bits per heavy atom. The van der Waals surface area contributed by atoms with E-state index in [9.17, 15) is 9.90 Å². The fourth-order valence-corrected chi connectivity index (χ4v) is 3.37. The molecule has 0 radical (unpaired) electrons. The van der Waals surface area contributed by atoms with Crippen LogP contribution in [0.2, 0.25) is 0 Å². The van der Waals surface area contributed by atoms with Crippen LogP contribution in [0.5, 0.6) is 5.75 Å². The Labute approximate surface area is 166 Å². The van der Waals surface area contributed by atoms with Crippen molar-refractivity contribution in [3.63, 3.8) is 0 Å². The van der Waals surface area contributed by atoms with E-state index in [-0.39, 0.29) is 23.5 Å². The Kier molecular flexibility index (Phi) is 6.70. The molecule has 1 aliphatic heterocycles. The number of hydrogen-bond acceptors (Lipinski definition) is 5. The second kappa shape index (κ2) is 9.21. The van der Waals surface area contributed by atoms with Gasteiger partial charge in [-0.25, -0.2) is 4.68 Å². The van der Waals surface area contributed by atoms with Crippen molar-refractivity contribution < 1.29 is 14.6 Å². The van der Waals surface area contributed by atoms with Gasteiger partial charge >= 0.3 is 0 Å². The molecular formula is C21H30N4O3. The Balaban J connectivity index is 1.64. The maximum absolute atomic E-state index is 12.8. The highest BCUT2D eigenvalue weighted by Gasteiger charge is 2.27. The molecule has 7 heteroatoms. The van der Waals surface area contributed by atoms with Crippen LogP contribution in [0, 0.1) is 0 Å². The van der Waals surface area contributed by atoms with Crippen molar-refractivity contribution in [1.29, 1.82) is 0 Å². The number of nitrogens with two attached hydrogens (primary N) is 1. The smallest absolute Gasteiger partial charge is 0.278 e. The van der Waals surface area contributed by atoms with Crippen molar-refractivity contribution in [3.05, 3.63) is 41.7 Å². The summed E-state index contributed by atoms with van der Waals surface area (Å²) < 4.78 is 7.33.